The largest absolute Gasteiger partial charge is 0.497 e. The highest BCUT2D eigenvalue weighted by Crippen LogP contribution is 2.36. The number of methoxy groups -OCH3 is 1. The number of nitrogens with zero attached hydrogens (tertiary/aromatic N) is 2. The van der Waals surface area contributed by atoms with Crippen LogP contribution in [0.1, 0.15) is 17.9 Å². The fourth-order valence-corrected chi connectivity index (χ4v) is 2.70. The van der Waals surface area contributed by atoms with Gasteiger partial charge in [0.1, 0.15) is 5.75 Å². The first kappa shape index (κ1) is 20.7. The summed E-state index contributed by atoms with van der Waals surface area (Å²) < 4.78 is 48.9. The zero-order valence-corrected chi connectivity index (χ0v) is 15.8. The Balaban J connectivity index is 1.59. The molecule has 29 heavy (non-hydrogen) atoms. The van der Waals surface area contributed by atoms with Crippen LogP contribution in [0.15, 0.2) is 47.0 Å². The van der Waals surface area contributed by atoms with Gasteiger partial charge < -0.3 is 14.6 Å². The fourth-order valence-electron chi connectivity index (χ4n) is 2.48. The Kier molecular flexibility index (Phi) is 6.07. The van der Waals surface area contributed by atoms with E-state index < -0.39 is 22.7 Å². The lowest BCUT2D eigenvalue weighted by molar-refractivity contribution is -0.137. The standard InChI is InChI=1S/C19H15ClF3N3O3/c1-28-13-5-2-11(3-6-13)18-25-17(29-26-18)9-8-16(27)24-12-4-7-15(20)14(10-12)19(21,22)23/h2-7,10H,8-9H2,1H3,(H,24,27). The average Bonchev–Trinajstić information content (AvgIpc) is 3.16. The smallest absolute Gasteiger partial charge is 0.417 e. The molecule has 0 spiro atoms. The second-order valence-electron chi connectivity index (χ2n) is 5.98. The van der Waals surface area contributed by atoms with E-state index in [0.29, 0.717) is 17.1 Å². The van der Waals surface area contributed by atoms with Crippen molar-refractivity contribution < 1.29 is 27.2 Å². The van der Waals surface area contributed by atoms with Crippen LogP contribution in [0.2, 0.25) is 5.02 Å². The molecule has 0 saturated carbocycles. The Labute approximate surface area is 168 Å². The van der Waals surface area contributed by atoms with Crippen molar-refractivity contribution in [3.05, 3.63) is 58.9 Å². The first-order chi connectivity index (χ1) is 13.8. The minimum Gasteiger partial charge on any atom is -0.497 e. The predicted octanol–water partition coefficient (Wildman–Crippen LogP) is 4.99. The second-order valence-corrected chi connectivity index (χ2v) is 6.39. The molecule has 0 atom stereocenters. The zero-order valence-electron chi connectivity index (χ0n) is 15.1. The van der Waals surface area contributed by atoms with Crippen molar-refractivity contribution in [2.45, 2.75) is 19.0 Å². The number of carbonyl (C=O) groups excluding carboxylic acids is 1. The van der Waals surface area contributed by atoms with Gasteiger partial charge in [-0.15, -0.1) is 0 Å². The number of hydrogen-bond acceptors (Lipinski definition) is 5. The molecule has 0 bridgehead atoms. The highest BCUT2D eigenvalue weighted by Gasteiger charge is 2.33. The summed E-state index contributed by atoms with van der Waals surface area (Å²) in [5.74, 6) is 0.781. The van der Waals surface area contributed by atoms with Gasteiger partial charge in [-0.2, -0.15) is 18.2 Å². The molecule has 0 aliphatic carbocycles. The maximum absolute atomic E-state index is 12.9. The van der Waals surface area contributed by atoms with Gasteiger partial charge in [-0.05, 0) is 42.5 Å². The van der Waals surface area contributed by atoms with Crippen LogP contribution in [-0.2, 0) is 17.4 Å². The fraction of sp³-hybridized carbons (Fsp3) is 0.211. The van der Waals surface area contributed by atoms with Crippen LogP contribution < -0.4 is 10.1 Å². The number of halogens is 4. The van der Waals surface area contributed by atoms with Crippen LogP contribution >= 0.6 is 11.6 Å². The molecule has 3 rings (SSSR count). The number of ether oxygens (including phenoxy) is 1. The van der Waals surface area contributed by atoms with E-state index in [1.807, 2.05) is 0 Å². The summed E-state index contributed by atoms with van der Waals surface area (Å²) in [6.07, 6.45) is -4.53. The number of alkyl halides is 3. The molecule has 1 amide bonds. The molecular formula is C19H15ClF3N3O3. The quantitative estimate of drug-likeness (QED) is 0.602. The number of aryl methyl sites for hydroxylation is 1. The molecule has 0 unspecified atom stereocenters. The third-order valence-electron chi connectivity index (χ3n) is 3.94. The van der Waals surface area contributed by atoms with Crippen molar-refractivity contribution in [1.29, 1.82) is 0 Å². The van der Waals surface area contributed by atoms with Gasteiger partial charge in [0.25, 0.3) is 0 Å². The van der Waals surface area contributed by atoms with Crippen LogP contribution in [0, 0.1) is 0 Å². The van der Waals surface area contributed by atoms with Crippen molar-refractivity contribution in [3.63, 3.8) is 0 Å². The van der Waals surface area contributed by atoms with E-state index in [9.17, 15) is 18.0 Å². The minimum absolute atomic E-state index is 0.00354. The molecule has 3 aromatic rings. The van der Waals surface area contributed by atoms with Gasteiger partial charge in [-0.3, -0.25) is 4.79 Å². The first-order valence-corrected chi connectivity index (χ1v) is 8.77. The van der Waals surface area contributed by atoms with Gasteiger partial charge >= 0.3 is 6.18 Å². The van der Waals surface area contributed by atoms with Crippen LogP contribution in [0.5, 0.6) is 5.75 Å². The molecule has 0 aliphatic heterocycles. The number of carbonyl (C=O) groups is 1. The Morgan fingerprint density at radius 2 is 1.93 bits per heavy atom. The van der Waals surface area contributed by atoms with Crippen molar-refractivity contribution in [2.24, 2.45) is 0 Å². The molecule has 1 heterocycles. The topological polar surface area (TPSA) is 77.2 Å². The Bertz CT molecular complexity index is 1000. The van der Waals surface area contributed by atoms with Crippen LogP contribution in [0.4, 0.5) is 18.9 Å². The van der Waals surface area contributed by atoms with Gasteiger partial charge in [-0.25, -0.2) is 0 Å². The average molecular weight is 426 g/mol. The molecule has 0 aliphatic rings. The summed E-state index contributed by atoms with van der Waals surface area (Å²) in [5, 5.41) is 5.82. The minimum atomic E-state index is -4.61. The van der Waals surface area contributed by atoms with E-state index in [1.54, 1.807) is 31.4 Å². The summed E-state index contributed by atoms with van der Waals surface area (Å²) in [7, 11) is 1.56. The molecule has 10 heteroatoms. The highest BCUT2D eigenvalue weighted by atomic mass is 35.5. The van der Waals surface area contributed by atoms with Crippen molar-refractivity contribution in [3.8, 4) is 17.1 Å². The van der Waals surface area contributed by atoms with E-state index in [-0.39, 0.29) is 24.4 Å². The van der Waals surface area contributed by atoms with E-state index in [0.717, 1.165) is 12.1 Å². The van der Waals surface area contributed by atoms with Gasteiger partial charge in [0.05, 0.1) is 17.7 Å². The molecule has 6 nitrogen and oxygen atoms in total. The molecule has 1 N–H and O–H groups in total. The van der Waals surface area contributed by atoms with Gasteiger partial charge in [0.2, 0.25) is 17.6 Å². The van der Waals surface area contributed by atoms with Crippen molar-refractivity contribution in [1.82, 2.24) is 10.1 Å². The SMILES string of the molecule is COc1ccc(-c2noc(CCC(=O)Nc3ccc(Cl)c(C(F)(F)F)c3)n2)cc1. The Morgan fingerprint density at radius 1 is 1.21 bits per heavy atom. The number of nitrogens with one attached hydrogen (secondary N) is 1. The van der Waals surface area contributed by atoms with Gasteiger partial charge in [0, 0.05) is 24.1 Å². The number of anilines is 1. The van der Waals surface area contributed by atoms with E-state index in [2.05, 4.69) is 15.5 Å². The second kappa shape index (κ2) is 8.52. The third-order valence-corrected chi connectivity index (χ3v) is 4.27. The van der Waals surface area contributed by atoms with Gasteiger partial charge in [-0.1, -0.05) is 16.8 Å². The molecule has 0 fully saturated rings. The van der Waals surface area contributed by atoms with Crippen molar-refractivity contribution in [2.75, 3.05) is 12.4 Å². The molecular weight excluding hydrogens is 411 g/mol. The van der Waals surface area contributed by atoms with Crippen LogP contribution in [0.25, 0.3) is 11.4 Å². The Hall–Kier alpha value is -3.07. The maximum atomic E-state index is 12.9. The first-order valence-electron chi connectivity index (χ1n) is 8.40. The molecule has 0 radical (unpaired) electrons. The summed E-state index contributed by atoms with van der Waals surface area (Å²) in [5.41, 5.74) is -0.305. The van der Waals surface area contributed by atoms with E-state index >= 15 is 0 Å². The highest BCUT2D eigenvalue weighted by molar-refractivity contribution is 6.31. The normalized spacial score (nSPS) is 11.3. The van der Waals surface area contributed by atoms with Crippen LogP contribution in [-0.4, -0.2) is 23.2 Å². The van der Waals surface area contributed by atoms with E-state index in [1.165, 1.54) is 6.07 Å². The zero-order chi connectivity index (χ0) is 21.0. The van der Waals surface area contributed by atoms with Gasteiger partial charge in [0.15, 0.2) is 0 Å². The predicted molar refractivity (Wildman–Crippen MR) is 99.7 cm³/mol. The molecule has 2 aromatic carbocycles. The number of rotatable bonds is 6. The summed E-state index contributed by atoms with van der Waals surface area (Å²) in [6, 6.07) is 10.2. The summed E-state index contributed by atoms with van der Waals surface area (Å²) in [6.45, 7) is 0. The lowest BCUT2D eigenvalue weighted by Crippen LogP contribution is -2.14. The summed E-state index contributed by atoms with van der Waals surface area (Å²) >= 11 is 5.56. The molecule has 152 valence electrons. The molecule has 0 saturated heterocycles. The monoisotopic (exact) mass is 425 g/mol. The number of hydrogen-bond donors (Lipinski definition) is 1. The van der Waals surface area contributed by atoms with E-state index in [4.69, 9.17) is 20.9 Å². The third kappa shape index (κ3) is 5.26. The van der Waals surface area contributed by atoms with Crippen LogP contribution in [0.3, 0.4) is 0 Å². The maximum Gasteiger partial charge on any atom is 0.417 e. The Morgan fingerprint density at radius 3 is 2.59 bits per heavy atom. The number of benzene rings is 2. The number of aromatic nitrogens is 2. The lowest BCUT2D eigenvalue weighted by atomic mass is 10.2. The summed E-state index contributed by atoms with van der Waals surface area (Å²) in [4.78, 5) is 16.3. The number of amides is 1. The molecule has 1 aromatic heterocycles. The van der Waals surface area contributed by atoms with Crippen molar-refractivity contribution >= 4 is 23.2 Å². The lowest BCUT2D eigenvalue weighted by Gasteiger charge is -2.11.